The van der Waals surface area contributed by atoms with E-state index in [1.807, 2.05) is 74.5 Å². The molecule has 110 valence electrons. The molecule has 0 heterocycles. The normalized spacial score (nSPS) is 11.6. The first-order valence-electron chi connectivity index (χ1n) is 6.99. The van der Waals surface area contributed by atoms with Gasteiger partial charge in [0.1, 0.15) is 0 Å². The van der Waals surface area contributed by atoms with Crippen LogP contribution in [0.5, 0.6) is 0 Å². The van der Waals surface area contributed by atoms with Crippen LogP contribution in [0.4, 0.5) is 0 Å². The molecule has 0 fully saturated rings. The summed E-state index contributed by atoms with van der Waals surface area (Å²) in [4.78, 5) is 0. The Morgan fingerprint density at radius 2 is 1.33 bits per heavy atom. The first-order chi connectivity index (χ1) is 9.98. The van der Waals surface area contributed by atoms with Crippen molar-refractivity contribution in [3.05, 3.63) is 60.7 Å². The van der Waals surface area contributed by atoms with Crippen molar-refractivity contribution in [2.45, 2.75) is 13.8 Å². The summed E-state index contributed by atoms with van der Waals surface area (Å²) in [6, 6.07) is 19.2. The SMILES string of the molecule is CC(C)CS(=O)(=O)[O][Al]([c]1ccccc1)[c]1ccccc1. The highest BCUT2D eigenvalue weighted by molar-refractivity contribution is 7.87. The molecule has 5 heteroatoms. The fraction of sp³-hybridized carbons (Fsp3) is 0.250. The zero-order valence-corrected chi connectivity index (χ0v) is 14.2. The molecule has 2 rings (SSSR count). The van der Waals surface area contributed by atoms with Crippen LogP contribution in [-0.2, 0) is 13.4 Å². The molecule has 0 aliphatic heterocycles. The van der Waals surface area contributed by atoms with Gasteiger partial charge in [-0.05, 0) is 5.92 Å². The van der Waals surface area contributed by atoms with Gasteiger partial charge in [0.2, 0.25) is 10.1 Å². The van der Waals surface area contributed by atoms with Gasteiger partial charge in [-0.1, -0.05) is 83.4 Å². The monoisotopic (exact) mass is 318 g/mol. The third-order valence-electron chi connectivity index (χ3n) is 2.98. The second-order valence-corrected chi connectivity index (χ2v) is 9.73. The van der Waals surface area contributed by atoms with E-state index in [4.69, 9.17) is 3.23 Å². The highest BCUT2D eigenvalue weighted by atomic mass is 32.2. The fourth-order valence-corrected chi connectivity index (χ4v) is 6.87. The van der Waals surface area contributed by atoms with Crippen LogP contribution < -0.4 is 8.85 Å². The summed E-state index contributed by atoms with van der Waals surface area (Å²) in [5, 5.41) is 0. The first kappa shape index (κ1) is 16.3. The largest absolute Gasteiger partial charge is 0.563 e. The van der Waals surface area contributed by atoms with Crippen LogP contribution in [0.15, 0.2) is 60.7 Å². The maximum atomic E-state index is 12.2. The summed E-state index contributed by atoms with van der Waals surface area (Å²) in [6.45, 7) is 3.75. The minimum atomic E-state index is -3.51. The van der Waals surface area contributed by atoms with Crippen molar-refractivity contribution in [1.82, 2.24) is 0 Å². The topological polar surface area (TPSA) is 43.4 Å². The van der Waals surface area contributed by atoms with Crippen molar-refractivity contribution in [3.8, 4) is 0 Å². The number of hydrogen-bond donors (Lipinski definition) is 0. The van der Waals surface area contributed by atoms with Gasteiger partial charge in [-0.15, -0.1) is 0 Å². The van der Waals surface area contributed by atoms with Gasteiger partial charge in [0, 0.05) is 0 Å². The second-order valence-electron chi connectivity index (χ2n) is 5.42. The summed E-state index contributed by atoms with van der Waals surface area (Å²) < 4.78 is 32.0. The molecule has 0 amide bonds. The molecule has 3 nitrogen and oxygen atoms in total. The minimum absolute atomic E-state index is 0.0518. The minimum Gasteiger partial charge on any atom is -0.387 e. The highest BCUT2D eigenvalue weighted by Gasteiger charge is 2.32. The highest BCUT2D eigenvalue weighted by Crippen LogP contribution is 2.05. The Morgan fingerprint density at radius 1 is 0.905 bits per heavy atom. The van der Waals surface area contributed by atoms with E-state index >= 15 is 0 Å². The third kappa shape index (κ3) is 4.98. The molecule has 2 aromatic carbocycles. The molecule has 0 saturated carbocycles. The molecule has 0 atom stereocenters. The van der Waals surface area contributed by atoms with E-state index in [0.29, 0.717) is 0 Å². The van der Waals surface area contributed by atoms with Crippen LogP contribution in [0, 0.1) is 5.92 Å². The summed E-state index contributed by atoms with van der Waals surface area (Å²) in [6.07, 6.45) is 0. The average molecular weight is 318 g/mol. The lowest BCUT2D eigenvalue weighted by molar-refractivity contribution is 0.489. The maximum absolute atomic E-state index is 12.2. The van der Waals surface area contributed by atoms with E-state index in [2.05, 4.69) is 0 Å². The molecular weight excluding hydrogens is 299 g/mol. The van der Waals surface area contributed by atoms with Crippen LogP contribution in [0.2, 0.25) is 0 Å². The third-order valence-corrected chi connectivity index (χ3v) is 7.98. The molecule has 0 unspecified atom stereocenters. The Bertz CT molecular complexity index is 615. The van der Waals surface area contributed by atoms with Crippen LogP contribution in [0.1, 0.15) is 13.8 Å². The van der Waals surface area contributed by atoms with E-state index in [1.54, 1.807) is 0 Å². The van der Waals surface area contributed by atoms with E-state index in [0.717, 1.165) is 8.85 Å². The van der Waals surface area contributed by atoms with Crippen molar-refractivity contribution in [1.29, 1.82) is 0 Å². The molecule has 0 aromatic heterocycles. The van der Waals surface area contributed by atoms with E-state index in [-0.39, 0.29) is 11.7 Å². The van der Waals surface area contributed by atoms with E-state index in [9.17, 15) is 8.42 Å². The summed E-state index contributed by atoms with van der Waals surface area (Å²) in [5.74, 6) is 0.104. The summed E-state index contributed by atoms with van der Waals surface area (Å²) in [5.41, 5.74) is 0. The maximum Gasteiger partial charge on any atom is 0.563 e. The molecule has 0 saturated heterocycles. The number of hydrogen-bond acceptors (Lipinski definition) is 3. The first-order valence-corrected chi connectivity index (χ1v) is 10.2. The smallest absolute Gasteiger partial charge is 0.387 e. The molecule has 2 aromatic rings. The van der Waals surface area contributed by atoms with Gasteiger partial charge in [-0.2, -0.15) is 0 Å². The van der Waals surface area contributed by atoms with Crippen molar-refractivity contribution >= 4 is 33.5 Å². The van der Waals surface area contributed by atoms with Crippen molar-refractivity contribution in [3.63, 3.8) is 0 Å². The average Bonchev–Trinajstić information content (AvgIpc) is 2.45. The zero-order chi connectivity index (χ0) is 15.3. The lowest BCUT2D eigenvalue weighted by Crippen LogP contribution is -2.46. The molecule has 0 N–H and O–H groups in total. The second kappa shape index (κ2) is 7.24. The Balaban J connectivity index is 2.34. The molecule has 0 aliphatic rings. The summed E-state index contributed by atoms with van der Waals surface area (Å²) >= 11 is -2.22. The zero-order valence-electron chi connectivity index (χ0n) is 12.3. The molecule has 0 spiro atoms. The Labute approximate surface area is 131 Å². The van der Waals surface area contributed by atoms with Gasteiger partial charge in [0.25, 0.3) is 0 Å². The standard InChI is InChI=1S/2C6H5.C4H10O3S.Al/c2*1-2-4-6-5-3-1;1-4(2)3-8(5,6)7;/h2*1-5H;4H,3H2,1-2H3,(H,5,6,7);/q;;;+1/p-1. The van der Waals surface area contributed by atoms with Crippen molar-refractivity contribution in [2.24, 2.45) is 5.92 Å². The van der Waals surface area contributed by atoms with Crippen molar-refractivity contribution in [2.75, 3.05) is 5.75 Å². The summed E-state index contributed by atoms with van der Waals surface area (Å²) in [7, 11) is -3.51. The Hall–Kier alpha value is -1.12. The quantitative estimate of drug-likeness (QED) is 0.763. The van der Waals surface area contributed by atoms with Gasteiger partial charge in [0.05, 0.1) is 5.75 Å². The number of benzene rings is 2. The predicted octanol–water partition coefficient (Wildman–Crippen LogP) is 1.79. The van der Waals surface area contributed by atoms with Crippen molar-refractivity contribution < 1.29 is 11.7 Å². The van der Waals surface area contributed by atoms with Crippen LogP contribution in [0.25, 0.3) is 0 Å². The van der Waals surface area contributed by atoms with Gasteiger partial charge in [-0.25, -0.2) is 8.42 Å². The number of rotatable bonds is 6. The van der Waals surface area contributed by atoms with Gasteiger partial charge in [-0.3, -0.25) is 0 Å². The Kier molecular flexibility index (Phi) is 5.60. The molecule has 0 aliphatic carbocycles. The van der Waals surface area contributed by atoms with Crippen LogP contribution in [0.3, 0.4) is 0 Å². The van der Waals surface area contributed by atoms with Crippen LogP contribution >= 0.6 is 0 Å². The molecule has 21 heavy (non-hydrogen) atoms. The molecule has 0 bridgehead atoms. The van der Waals surface area contributed by atoms with Crippen LogP contribution in [-0.4, -0.2) is 28.7 Å². The van der Waals surface area contributed by atoms with E-state index in [1.165, 1.54) is 0 Å². The Morgan fingerprint density at radius 3 is 1.71 bits per heavy atom. The molecule has 0 radical (unpaired) electrons. The molecular formula is C16H19AlO3S. The predicted molar refractivity (Wildman–Crippen MR) is 87.6 cm³/mol. The lowest BCUT2D eigenvalue weighted by atomic mass is 10.3. The lowest BCUT2D eigenvalue weighted by Gasteiger charge is -2.15. The fourth-order valence-electron chi connectivity index (χ4n) is 2.15. The van der Waals surface area contributed by atoms with E-state index < -0.39 is 24.6 Å². The van der Waals surface area contributed by atoms with Gasteiger partial charge in [0.15, 0.2) is 0 Å². The van der Waals surface area contributed by atoms with Gasteiger partial charge < -0.3 is 3.23 Å². The van der Waals surface area contributed by atoms with Gasteiger partial charge >= 0.3 is 14.5 Å².